The summed E-state index contributed by atoms with van der Waals surface area (Å²) in [6.45, 7) is -4.22. The van der Waals surface area contributed by atoms with E-state index in [4.69, 9.17) is 14.0 Å². The van der Waals surface area contributed by atoms with Crippen LogP contribution in [0.4, 0.5) is 17.6 Å². The number of rotatable bonds is 12. The number of hydrogen-bond acceptors (Lipinski definition) is 3. The SMILES string of the molecule is Fc1ccc(OB(Oc2ccc(F)cc2)Oc2ccc(F)cc2-c2ccccc2P(c2ccccc2)(c2ccccc2)(c2ccccc2)c2ccc(F)cc2)cc1. The van der Waals surface area contributed by atoms with Gasteiger partial charge in [-0.25, -0.2) is 0 Å². The van der Waals surface area contributed by atoms with Crippen molar-refractivity contribution in [1.29, 1.82) is 0 Å². The normalized spacial score (nSPS) is 11.9. The molecule has 57 heavy (non-hydrogen) atoms. The molecule has 0 spiro atoms. The van der Waals surface area contributed by atoms with Crippen molar-refractivity contribution in [3.05, 3.63) is 230 Å². The third-order valence-corrected chi connectivity index (χ3v) is 16.8. The van der Waals surface area contributed by atoms with Gasteiger partial charge in [-0.2, -0.15) is 0 Å². The topological polar surface area (TPSA) is 27.7 Å². The van der Waals surface area contributed by atoms with Crippen molar-refractivity contribution in [1.82, 2.24) is 0 Å². The van der Waals surface area contributed by atoms with Gasteiger partial charge >= 0.3 is 330 Å². The van der Waals surface area contributed by atoms with Gasteiger partial charge in [-0.05, 0) is 0 Å². The van der Waals surface area contributed by atoms with E-state index in [2.05, 4.69) is 42.5 Å². The molecule has 280 valence electrons. The summed E-state index contributed by atoms with van der Waals surface area (Å²) in [6, 6.07) is 59.8. The molecular formula is C48H34BF4O3P. The molecule has 8 aromatic carbocycles. The van der Waals surface area contributed by atoms with Crippen LogP contribution in [0.3, 0.4) is 0 Å². The molecule has 0 aromatic heterocycles. The van der Waals surface area contributed by atoms with E-state index >= 15 is 8.78 Å². The first kappa shape index (κ1) is 37.3. The molecule has 0 fully saturated rings. The van der Waals surface area contributed by atoms with E-state index in [0.717, 1.165) is 26.5 Å². The van der Waals surface area contributed by atoms with Crippen LogP contribution in [-0.4, -0.2) is 7.32 Å². The van der Waals surface area contributed by atoms with Gasteiger partial charge in [-0.1, -0.05) is 0 Å². The Hall–Kier alpha value is -6.63. The molecule has 0 aliphatic carbocycles. The van der Waals surface area contributed by atoms with Gasteiger partial charge in [0.15, 0.2) is 0 Å². The molecule has 8 rings (SSSR count). The molecule has 8 aromatic rings. The third-order valence-electron chi connectivity index (χ3n) is 10.1. The van der Waals surface area contributed by atoms with Crippen LogP contribution >= 0.6 is 6.60 Å². The summed E-state index contributed by atoms with van der Waals surface area (Å²) in [5, 5.41) is 4.60. The Bertz CT molecular complexity index is 2450. The molecule has 0 atom stereocenters. The summed E-state index contributed by atoms with van der Waals surface area (Å²) < 4.78 is 77.4. The van der Waals surface area contributed by atoms with Crippen molar-refractivity contribution < 1.29 is 31.5 Å². The Morgan fingerprint density at radius 2 is 0.719 bits per heavy atom. The van der Waals surface area contributed by atoms with Gasteiger partial charge in [0.1, 0.15) is 0 Å². The van der Waals surface area contributed by atoms with Crippen LogP contribution in [0.5, 0.6) is 17.2 Å². The van der Waals surface area contributed by atoms with Crippen LogP contribution in [0.1, 0.15) is 0 Å². The van der Waals surface area contributed by atoms with Gasteiger partial charge in [0.2, 0.25) is 0 Å². The Labute approximate surface area is 328 Å². The molecule has 3 nitrogen and oxygen atoms in total. The van der Waals surface area contributed by atoms with E-state index in [1.54, 1.807) is 0 Å². The van der Waals surface area contributed by atoms with Crippen molar-refractivity contribution in [2.24, 2.45) is 0 Å². The number of halogens is 4. The summed E-state index contributed by atoms with van der Waals surface area (Å²) in [6.07, 6.45) is 0. The Balaban J connectivity index is 1.43. The predicted molar refractivity (Wildman–Crippen MR) is 223 cm³/mol. The first-order valence-electron chi connectivity index (χ1n) is 18.2. The second-order valence-corrected chi connectivity index (χ2v) is 18.1. The third kappa shape index (κ3) is 6.83. The van der Waals surface area contributed by atoms with Crippen molar-refractivity contribution in [3.8, 4) is 28.4 Å². The fraction of sp³-hybridized carbons (Fsp3) is 0. The Morgan fingerprint density at radius 1 is 0.333 bits per heavy atom. The molecule has 0 bridgehead atoms. The van der Waals surface area contributed by atoms with Crippen molar-refractivity contribution in [2.45, 2.75) is 0 Å². The Morgan fingerprint density at radius 3 is 1.19 bits per heavy atom. The van der Waals surface area contributed by atoms with Gasteiger partial charge in [0.25, 0.3) is 0 Å². The van der Waals surface area contributed by atoms with Gasteiger partial charge in [0.05, 0.1) is 0 Å². The zero-order chi connectivity index (χ0) is 39.3. The van der Waals surface area contributed by atoms with Gasteiger partial charge < -0.3 is 0 Å². The first-order valence-corrected chi connectivity index (χ1v) is 20.4. The maximum atomic E-state index is 15.8. The molecule has 0 aliphatic rings. The van der Waals surface area contributed by atoms with E-state index in [1.807, 2.05) is 84.9 Å². The van der Waals surface area contributed by atoms with Crippen molar-refractivity contribution in [2.75, 3.05) is 0 Å². The molecule has 9 heteroatoms. The van der Waals surface area contributed by atoms with Crippen LogP contribution in [0.25, 0.3) is 11.1 Å². The van der Waals surface area contributed by atoms with E-state index in [1.165, 1.54) is 78.9 Å². The molecule has 0 heterocycles. The first-order chi connectivity index (χ1) is 27.8. The monoisotopic (exact) mass is 776 g/mol. The molecule has 0 unspecified atom stereocenters. The van der Waals surface area contributed by atoms with E-state index < -0.39 is 31.4 Å². The van der Waals surface area contributed by atoms with E-state index in [0.29, 0.717) is 11.1 Å². The molecule has 0 aliphatic heterocycles. The molecule has 0 saturated carbocycles. The zero-order valence-electron chi connectivity index (χ0n) is 30.4. The molecule has 0 radical (unpaired) electrons. The van der Waals surface area contributed by atoms with Crippen molar-refractivity contribution in [3.63, 3.8) is 0 Å². The summed E-state index contributed by atoms with van der Waals surface area (Å²) >= 11 is 0. The van der Waals surface area contributed by atoms with Gasteiger partial charge in [-0.3, -0.25) is 0 Å². The zero-order valence-corrected chi connectivity index (χ0v) is 31.3. The van der Waals surface area contributed by atoms with Crippen LogP contribution < -0.4 is 40.5 Å². The minimum absolute atomic E-state index is 0.197. The average Bonchev–Trinajstić information content (AvgIpc) is 3.25. The summed E-state index contributed by atoms with van der Waals surface area (Å²) in [5.74, 6) is -1.18. The van der Waals surface area contributed by atoms with E-state index in [-0.39, 0.29) is 23.1 Å². The maximum absolute atomic E-state index is 15.8. The Kier molecular flexibility index (Phi) is 10.4. The minimum atomic E-state index is -4.22. The standard InChI is InChI=1S/C48H34BF4O3P/c50-35-20-27-39(28-21-35)54-49(55-40-29-22-36(51)23-30-40)56-47-33-26-38(53)34-46(47)45-18-10-11-19-48(45)57(41-12-4-1-5-13-41,42-14-6-2-7-15-42,43-16-8-3-9-17-43)44-31-24-37(52)25-32-44/h1-34H. The summed E-state index contributed by atoms with van der Waals surface area (Å²) in [7, 11) is -1.50. The second kappa shape index (κ2) is 15.9. The molecule has 0 amide bonds. The predicted octanol–water partition coefficient (Wildman–Crippen LogP) is 9.91. The number of benzene rings is 8. The quantitative estimate of drug-likeness (QED) is 0.0703. The molecular weight excluding hydrogens is 742 g/mol. The molecule has 0 N–H and O–H groups in total. The van der Waals surface area contributed by atoms with Gasteiger partial charge in [0, 0.05) is 0 Å². The average molecular weight is 777 g/mol. The van der Waals surface area contributed by atoms with Crippen LogP contribution in [0.2, 0.25) is 0 Å². The number of hydrogen-bond donors (Lipinski definition) is 0. The van der Waals surface area contributed by atoms with Crippen molar-refractivity contribution >= 4 is 40.4 Å². The molecule has 0 saturated heterocycles. The van der Waals surface area contributed by atoms with Crippen LogP contribution in [-0.2, 0) is 0 Å². The van der Waals surface area contributed by atoms with Crippen LogP contribution in [0.15, 0.2) is 206 Å². The van der Waals surface area contributed by atoms with Crippen LogP contribution in [0, 0.1) is 23.3 Å². The fourth-order valence-corrected chi connectivity index (χ4v) is 14.7. The second-order valence-electron chi connectivity index (χ2n) is 13.3. The summed E-state index contributed by atoms with van der Waals surface area (Å²) in [5.41, 5.74) is 1.01. The summed E-state index contributed by atoms with van der Waals surface area (Å²) in [4.78, 5) is 0. The fourth-order valence-electron chi connectivity index (χ4n) is 7.70. The van der Waals surface area contributed by atoms with E-state index in [9.17, 15) is 8.78 Å². The van der Waals surface area contributed by atoms with Gasteiger partial charge in [-0.15, -0.1) is 0 Å².